The number of nitrogens with zero attached hydrogens (tertiary/aromatic N) is 2. The van der Waals surface area contributed by atoms with Crippen molar-refractivity contribution in [3.63, 3.8) is 0 Å². The van der Waals surface area contributed by atoms with Crippen molar-refractivity contribution in [2.75, 3.05) is 25.5 Å². The summed E-state index contributed by atoms with van der Waals surface area (Å²) in [5.41, 5.74) is 6.32. The average Bonchev–Trinajstić information content (AvgIpc) is 3.11. The van der Waals surface area contributed by atoms with Gasteiger partial charge in [0.15, 0.2) is 5.82 Å². The van der Waals surface area contributed by atoms with Crippen LogP contribution in [0.1, 0.15) is 23.2 Å². The third kappa shape index (κ3) is 3.66. The molecule has 2 heterocycles. The van der Waals surface area contributed by atoms with Crippen molar-refractivity contribution in [1.29, 1.82) is 0 Å². The summed E-state index contributed by atoms with van der Waals surface area (Å²) in [6, 6.07) is 11.3. The van der Waals surface area contributed by atoms with Crippen LogP contribution < -0.4 is 11.1 Å². The number of anilines is 1. The number of aromatic nitrogens is 1. The molecule has 1 aromatic heterocycles. The van der Waals surface area contributed by atoms with Gasteiger partial charge in [-0.2, -0.15) is 0 Å². The number of fused-ring (bicyclic) bond motifs is 1. The van der Waals surface area contributed by atoms with E-state index in [4.69, 9.17) is 17.3 Å². The number of likely N-dealkylation sites (N-methyl/N-ethyl adjacent to an activating group) is 1. The van der Waals surface area contributed by atoms with Crippen LogP contribution in [0.15, 0.2) is 42.6 Å². The maximum atomic E-state index is 15.6. The quantitative estimate of drug-likeness (QED) is 0.655. The maximum absolute atomic E-state index is 15.6. The molecule has 150 valence electrons. The van der Waals surface area contributed by atoms with Crippen molar-refractivity contribution in [2.24, 2.45) is 5.73 Å². The van der Waals surface area contributed by atoms with Crippen molar-refractivity contribution >= 4 is 34.0 Å². The van der Waals surface area contributed by atoms with Gasteiger partial charge in [0, 0.05) is 34.8 Å². The Kier molecular flexibility index (Phi) is 5.39. The standard InChI is InChI=1S/C22H22ClFN4O/c1-28-10-4-7-14(28)11-26-21-16(22(25)29)12-27-20(19(21)24)15-8-2-5-13-6-3-9-17(23)18(13)15/h2-3,5-6,8-9,12,14H,4,7,10-11H2,1H3,(H2,25,29)(H,26,27)/t14-/m0/s1. The lowest BCUT2D eigenvalue weighted by Crippen LogP contribution is -2.32. The number of primary amides is 1. The number of likely N-dealkylation sites (tertiary alicyclic amines) is 1. The number of benzene rings is 2. The first-order valence-corrected chi connectivity index (χ1v) is 9.95. The van der Waals surface area contributed by atoms with E-state index in [1.807, 2.05) is 31.3 Å². The minimum Gasteiger partial charge on any atom is -0.380 e. The minimum atomic E-state index is -0.721. The van der Waals surface area contributed by atoms with Gasteiger partial charge in [-0.25, -0.2) is 4.39 Å². The smallest absolute Gasteiger partial charge is 0.252 e. The molecule has 0 aliphatic carbocycles. The Morgan fingerprint density at radius 3 is 2.79 bits per heavy atom. The summed E-state index contributed by atoms with van der Waals surface area (Å²) in [6.45, 7) is 1.53. The van der Waals surface area contributed by atoms with Crippen molar-refractivity contribution in [1.82, 2.24) is 9.88 Å². The monoisotopic (exact) mass is 412 g/mol. The molecule has 1 aliphatic heterocycles. The Morgan fingerprint density at radius 1 is 1.34 bits per heavy atom. The molecule has 1 fully saturated rings. The van der Waals surface area contributed by atoms with E-state index in [1.165, 1.54) is 6.20 Å². The van der Waals surface area contributed by atoms with Gasteiger partial charge in [0.25, 0.3) is 5.91 Å². The number of rotatable bonds is 5. The van der Waals surface area contributed by atoms with E-state index in [9.17, 15) is 4.79 Å². The van der Waals surface area contributed by atoms with Gasteiger partial charge in [0.1, 0.15) is 5.69 Å². The topological polar surface area (TPSA) is 71.2 Å². The summed E-state index contributed by atoms with van der Waals surface area (Å²) < 4.78 is 15.6. The van der Waals surface area contributed by atoms with Gasteiger partial charge in [0.05, 0.1) is 11.3 Å². The molecule has 3 aromatic rings. The zero-order valence-electron chi connectivity index (χ0n) is 16.1. The number of hydrogen-bond donors (Lipinski definition) is 2. The molecular weight excluding hydrogens is 391 g/mol. The Balaban J connectivity index is 1.81. The highest BCUT2D eigenvalue weighted by atomic mass is 35.5. The Bertz CT molecular complexity index is 1080. The zero-order valence-corrected chi connectivity index (χ0v) is 16.8. The number of nitrogens with two attached hydrogens (primary N) is 1. The molecule has 1 atom stereocenters. The van der Waals surface area contributed by atoms with Crippen molar-refractivity contribution in [2.45, 2.75) is 18.9 Å². The first-order chi connectivity index (χ1) is 14.0. The summed E-state index contributed by atoms with van der Waals surface area (Å²) >= 11 is 6.40. The normalized spacial score (nSPS) is 17.0. The molecule has 1 aliphatic rings. The second-order valence-electron chi connectivity index (χ2n) is 7.37. The summed E-state index contributed by atoms with van der Waals surface area (Å²) in [6.07, 6.45) is 3.45. The molecule has 0 bridgehead atoms. The summed E-state index contributed by atoms with van der Waals surface area (Å²) in [5, 5.41) is 5.24. The fraction of sp³-hybridized carbons (Fsp3) is 0.273. The molecular formula is C22H22ClFN4O. The van der Waals surface area contributed by atoms with Crippen molar-refractivity contribution < 1.29 is 9.18 Å². The van der Waals surface area contributed by atoms with Crippen LogP contribution in [0.5, 0.6) is 0 Å². The van der Waals surface area contributed by atoms with Gasteiger partial charge in [-0.05, 0) is 37.9 Å². The van der Waals surface area contributed by atoms with E-state index in [0.29, 0.717) is 17.1 Å². The van der Waals surface area contributed by atoms with Gasteiger partial charge < -0.3 is 16.0 Å². The first-order valence-electron chi connectivity index (χ1n) is 9.57. The Labute approximate surface area is 173 Å². The van der Waals surface area contributed by atoms with Gasteiger partial charge in [-0.1, -0.05) is 41.9 Å². The molecule has 1 saturated heterocycles. The third-order valence-electron chi connectivity index (χ3n) is 5.58. The van der Waals surface area contributed by atoms with Crippen LogP contribution >= 0.6 is 11.6 Å². The predicted molar refractivity (Wildman–Crippen MR) is 115 cm³/mol. The van der Waals surface area contributed by atoms with Gasteiger partial charge in [0.2, 0.25) is 0 Å². The summed E-state index contributed by atoms with van der Waals surface area (Å²) in [4.78, 5) is 18.3. The summed E-state index contributed by atoms with van der Waals surface area (Å²) in [5.74, 6) is -1.32. The average molecular weight is 413 g/mol. The summed E-state index contributed by atoms with van der Waals surface area (Å²) in [7, 11) is 2.04. The van der Waals surface area contributed by atoms with E-state index in [-0.39, 0.29) is 23.0 Å². The van der Waals surface area contributed by atoms with Crippen LogP contribution in [-0.4, -0.2) is 42.0 Å². The van der Waals surface area contributed by atoms with E-state index in [1.54, 1.807) is 12.1 Å². The molecule has 2 aromatic carbocycles. The molecule has 4 rings (SSSR count). The number of amides is 1. The lowest BCUT2D eigenvalue weighted by molar-refractivity contribution is 0.100. The highest BCUT2D eigenvalue weighted by Crippen LogP contribution is 2.36. The molecule has 0 unspecified atom stereocenters. The number of carbonyl (C=O) groups is 1. The van der Waals surface area contributed by atoms with Crippen molar-refractivity contribution in [3.05, 3.63) is 59.0 Å². The fourth-order valence-corrected chi connectivity index (χ4v) is 4.27. The number of nitrogens with one attached hydrogen (secondary N) is 1. The number of carbonyl (C=O) groups excluding carboxylic acids is 1. The van der Waals surface area contributed by atoms with Crippen LogP contribution in [0.25, 0.3) is 22.0 Å². The number of hydrogen-bond acceptors (Lipinski definition) is 4. The van der Waals surface area contributed by atoms with E-state index < -0.39 is 11.7 Å². The lowest BCUT2D eigenvalue weighted by Gasteiger charge is -2.22. The van der Waals surface area contributed by atoms with E-state index in [0.717, 1.165) is 30.2 Å². The third-order valence-corrected chi connectivity index (χ3v) is 5.89. The molecule has 0 saturated carbocycles. The number of pyridine rings is 1. The number of halogens is 2. The van der Waals surface area contributed by atoms with Crippen LogP contribution in [0.2, 0.25) is 5.02 Å². The second kappa shape index (κ2) is 7.97. The van der Waals surface area contributed by atoms with Gasteiger partial charge in [-0.15, -0.1) is 0 Å². The SMILES string of the molecule is CN1CCC[C@H]1CNc1c(C(N)=O)cnc(-c2cccc3cccc(Cl)c23)c1F. The molecule has 7 heteroatoms. The molecule has 29 heavy (non-hydrogen) atoms. The van der Waals surface area contributed by atoms with Gasteiger partial charge >= 0.3 is 0 Å². The predicted octanol–water partition coefficient (Wildman–Crippen LogP) is 4.30. The second-order valence-corrected chi connectivity index (χ2v) is 7.78. The zero-order chi connectivity index (χ0) is 20.5. The van der Waals surface area contributed by atoms with Crippen LogP contribution in [-0.2, 0) is 0 Å². The Morgan fingerprint density at radius 2 is 2.10 bits per heavy atom. The highest BCUT2D eigenvalue weighted by Gasteiger charge is 2.24. The van der Waals surface area contributed by atoms with Crippen LogP contribution in [0, 0.1) is 5.82 Å². The van der Waals surface area contributed by atoms with Crippen molar-refractivity contribution in [3.8, 4) is 11.3 Å². The van der Waals surface area contributed by atoms with Crippen LogP contribution in [0.3, 0.4) is 0 Å². The Hall–Kier alpha value is -2.70. The largest absolute Gasteiger partial charge is 0.380 e. The van der Waals surface area contributed by atoms with E-state index >= 15 is 4.39 Å². The molecule has 1 amide bonds. The molecule has 5 nitrogen and oxygen atoms in total. The van der Waals surface area contributed by atoms with Gasteiger partial charge in [-0.3, -0.25) is 9.78 Å². The maximum Gasteiger partial charge on any atom is 0.252 e. The molecule has 0 spiro atoms. The highest BCUT2D eigenvalue weighted by molar-refractivity contribution is 6.36. The lowest BCUT2D eigenvalue weighted by atomic mass is 10.00. The molecule has 3 N–H and O–H groups in total. The van der Waals surface area contributed by atoms with E-state index in [2.05, 4.69) is 15.2 Å². The molecule has 0 radical (unpaired) electrons. The fourth-order valence-electron chi connectivity index (χ4n) is 3.98. The van der Waals surface area contributed by atoms with Crippen LogP contribution in [0.4, 0.5) is 10.1 Å². The minimum absolute atomic E-state index is 0.0400. The first kappa shape index (κ1) is 19.6.